The Balaban J connectivity index is 1.50. The monoisotopic (exact) mass is 467 g/mol. The molecule has 3 aromatic rings. The van der Waals surface area contributed by atoms with E-state index in [2.05, 4.69) is 32.3 Å². The van der Waals surface area contributed by atoms with Crippen molar-refractivity contribution >= 4 is 34.0 Å². The minimum atomic E-state index is -0.549. The molecule has 8 heteroatoms. The van der Waals surface area contributed by atoms with Crippen LogP contribution >= 0.6 is 12.2 Å². The molecule has 0 aliphatic carbocycles. The maximum atomic E-state index is 14.5. The molecule has 0 bridgehead atoms. The van der Waals surface area contributed by atoms with Crippen LogP contribution in [0.5, 0.6) is 23.0 Å². The summed E-state index contributed by atoms with van der Waals surface area (Å²) in [6.07, 6.45) is 6.46. The number of aromatic nitrogens is 1. The van der Waals surface area contributed by atoms with E-state index in [-0.39, 0.29) is 5.75 Å². The van der Waals surface area contributed by atoms with E-state index in [1.54, 1.807) is 31.5 Å². The van der Waals surface area contributed by atoms with E-state index >= 15 is 0 Å². The molecule has 0 unspecified atom stereocenters. The Hall–Kier alpha value is -3.06. The molecule has 6 nitrogen and oxygen atoms in total. The van der Waals surface area contributed by atoms with Crippen LogP contribution in [0.2, 0.25) is 0 Å². The Morgan fingerprint density at radius 1 is 1.06 bits per heavy atom. The number of pyridine rings is 1. The van der Waals surface area contributed by atoms with Crippen molar-refractivity contribution in [1.82, 2.24) is 9.88 Å². The number of ether oxygens (including phenoxy) is 3. The Morgan fingerprint density at radius 3 is 2.67 bits per heavy atom. The van der Waals surface area contributed by atoms with Gasteiger partial charge in [0.15, 0.2) is 23.1 Å². The quantitative estimate of drug-likeness (QED) is 0.213. The average Bonchev–Trinajstić information content (AvgIpc) is 2.84. The van der Waals surface area contributed by atoms with Crippen LogP contribution < -0.4 is 14.2 Å². The van der Waals surface area contributed by atoms with Gasteiger partial charge < -0.3 is 19.1 Å². The molecule has 172 valence electrons. The minimum Gasteiger partial charge on any atom is -0.493 e. The number of nitrogens with zero attached hydrogens (tertiary/aromatic N) is 3. The van der Waals surface area contributed by atoms with Gasteiger partial charge >= 0.3 is 0 Å². The van der Waals surface area contributed by atoms with Crippen molar-refractivity contribution in [2.45, 2.75) is 25.7 Å². The minimum absolute atomic E-state index is 0.0721. The molecule has 0 atom stereocenters. The van der Waals surface area contributed by atoms with Gasteiger partial charge in [-0.15, -0.1) is 0 Å². The number of likely N-dealkylation sites (tertiary alicyclic amines) is 1. The van der Waals surface area contributed by atoms with E-state index in [9.17, 15) is 4.39 Å². The highest BCUT2D eigenvalue weighted by molar-refractivity contribution is 7.78. The first-order valence-corrected chi connectivity index (χ1v) is 11.5. The molecule has 4 rings (SSSR count). The summed E-state index contributed by atoms with van der Waals surface area (Å²) >= 11 is 4.56. The summed E-state index contributed by atoms with van der Waals surface area (Å²) in [5.41, 5.74) is 1.04. The number of piperidine rings is 1. The number of benzene rings is 2. The highest BCUT2D eigenvalue weighted by Crippen LogP contribution is 2.38. The molecule has 0 N–H and O–H groups in total. The van der Waals surface area contributed by atoms with E-state index in [0.29, 0.717) is 40.4 Å². The number of hydrogen-bond donors (Lipinski definition) is 0. The summed E-state index contributed by atoms with van der Waals surface area (Å²) in [4.78, 5) is 10.7. The number of rotatable bonds is 9. The number of isothiocyanates is 1. The molecule has 1 saturated heterocycles. The lowest BCUT2D eigenvalue weighted by atomic mass is 10.1. The van der Waals surface area contributed by atoms with Crippen LogP contribution in [-0.4, -0.2) is 48.4 Å². The maximum absolute atomic E-state index is 14.5. The molecule has 1 fully saturated rings. The van der Waals surface area contributed by atoms with Crippen molar-refractivity contribution in [3.05, 3.63) is 48.4 Å². The van der Waals surface area contributed by atoms with Crippen LogP contribution in [0.1, 0.15) is 25.7 Å². The predicted molar refractivity (Wildman–Crippen MR) is 130 cm³/mol. The summed E-state index contributed by atoms with van der Waals surface area (Å²) in [7, 11) is 1.59. The van der Waals surface area contributed by atoms with E-state index in [0.717, 1.165) is 13.0 Å². The third-order valence-electron chi connectivity index (χ3n) is 5.62. The predicted octanol–water partition coefficient (Wildman–Crippen LogP) is 6.16. The zero-order valence-corrected chi connectivity index (χ0v) is 19.4. The van der Waals surface area contributed by atoms with Crippen LogP contribution in [0, 0.1) is 5.82 Å². The van der Waals surface area contributed by atoms with Crippen molar-refractivity contribution in [2.24, 2.45) is 4.99 Å². The van der Waals surface area contributed by atoms with Crippen molar-refractivity contribution in [2.75, 3.05) is 33.4 Å². The second-order valence-corrected chi connectivity index (χ2v) is 8.04. The smallest absolute Gasteiger partial charge is 0.167 e. The zero-order valence-electron chi connectivity index (χ0n) is 18.6. The van der Waals surface area contributed by atoms with E-state index in [1.165, 1.54) is 44.5 Å². The lowest BCUT2D eigenvalue weighted by Gasteiger charge is -2.26. The fraction of sp³-hybridized carbons (Fsp3) is 0.360. The molecule has 0 amide bonds. The Bertz CT molecular complexity index is 1160. The van der Waals surface area contributed by atoms with Gasteiger partial charge in [-0.2, -0.15) is 4.99 Å². The van der Waals surface area contributed by atoms with Gasteiger partial charge in [0.05, 0.1) is 30.1 Å². The molecule has 0 radical (unpaired) electrons. The zero-order chi connectivity index (χ0) is 23.0. The molecule has 2 heterocycles. The molecule has 33 heavy (non-hydrogen) atoms. The van der Waals surface area contributed by atoms with Crippen molar-refractivity contribution in [3.63, 3.8) is 0 Å². The summed E-state index contributed by atoms with van der Waals surface area (Å²) < 4.78 is 31.9. The number of fused-ring (bicyclic) bond motifs is 1. The third-order valence-corrected chi connectivity index (χ3v) is 5.71. The van der Waals surface area contributed by atoms with Gasteiger partial charge in [0.2, 0.25) is 0 Å². The first kappa shape index (κ1) is 23.1. The number of halogens is 1. The maximum Gasteiger partial charge on any atom is 0.167 e. The Kier molecular flexibility index (Phi) is 7.83. The Morgan fingerprint density at radius 2 is 1.91 bits per heavy atom. The summed E-state index contributed by atoms with van der Waals surface area (Å²) in [6, 6.07) is 9.68. The molecular formula is C25H26FN3O3S. The topological polar surface area (TPSA) is 56.2 Å². The average molecular weight is 468 g/mol. The lowest BCUT2D eigenvalue weighted by molar-refractivity contribution is 0.203. The van der Waals surface area contributed by atoms with Crippen molar-refractivity contribution in [1.29, 1.82) is 0 Å². The van der Waals surface area contributed by atoms with Gasteiger partial charge in [-0.25, -0.2) is 4.39 Å². The number of methoxy groups -OCH3 is 1. The molecule has 1 aliphatic heterocycles. The molecule has 2 aromatic carbocycles. The van der Waals surface area contributed by atoms with Crippen molar-refractivity contribution in [3.8, 4) is 23.0 Å². The second kappa shape index (κ2) is 11.2. The molecule has 0 spiro atoms. The van der Waals surface area contributed by atoms with Gasteiger partial charge in [0.25, 0.3) is 0 Å². The highest BCUT2D eigenvalue weighted by Gasteiger charge is 2.14. The summed E-state index contributed by atoms with van der Waals surface area (Å²) in [5, 5.41) is 2.91. The first-order valence-electron chi connectivity index (χ1n) is 11.0. The SMILES string of the molecule is COc1cc2c(Oc3ccc(N=C=S)cc3F)ccnc2cc1OCCCN1CCCCC1. The molecule has 1 aromatic heterocycles. The normalized spacial score (nSPS) is 14.0. The standard InChI is InChI=1S/C25H26FN3O3S/c1-30-24-15-19-21(16-25(24)31-13-5-12-29-10-3-2-4-11-29)27-9-8-22(19)32-23-7-6-18(28-17-33)14-20(23)26/h6-9,14-16H,2-5,10-13H2,1H3. The molecule has 1 aliphatic rings. The third kappa shape index (κ3) is 5.85. The van der Waals surface area contributed by atoms with Crippen LogP contribution in [0.3, 0.4) is 0 Å². The van der Waals surface area contributed by atoms with Crippen LogP contribution in [-0.2, 0) is 0 Å². The Labute approximate surface area is 198 Å². The first-order chi connectivity index (χ1) is 16.2. The fourth-order valence-electron chi connectivity index (χ4n) is 3.96. The fourth-order valence-corrected chi connectivity index (χ4v) is 4.06. The number of aliphatic imine (C=N–C) groups is 1. The second-order valence-electron chi connectivity index (χ2n) is 7.85. The number of thiocarbonyl (C=S) groups is 1. The van der Waals surface area contributed by atoms with E-state index in [1.807, 2.05) is 6.07 Å². The van der Waals surface area contributed by atoms with Crippen LogP contribution in [0.25, 0.3) is 10.9 Å². The molecule has 0 saturated carbocycles. The van der Waals surface area contributed by atoms with E-state index < -0.39 is 5.82 Å². The van der Waals surface area contributed by atoms with Gasteiger partial charge in [0, 0.05) is 30.3 Å². The largest absolute Gasteiger partial charge is 0.493 e. The summed E-state index contributed by atoms with van der Waals surface area (Å²) in [6.45, 7) is 3.98. The summed E-state index contributed by atoms with van der Waals surface area (Å²) in [5.74, 6) is 1.18. The van der Waals surface area contributed by atoms with E-state index in [4.69, 9.17) is 14.2 Å². The van der Waals surface area contributed by atoms with Crippen LogP contribution in [0.15, 0.2) is 47.6 Å². The van der Waals surface area contributed by atoms with Crippen molar-refractivity contribution < 1.29 is 18.6 Å². The number of hydrogen-bond acceptors (Lipinski definition) is 7. The van der Waals surface area contributed by atoms with Gasteiger partial charge in [-0.05, 0) is 68.8 Å². The van der Waals surface area contributed by atoms with Gasteiger partial charge in [0.1, 0.15) is 5.75 Å². The highest BCUT2D eigenvalue weighted by atomic mass is 32.1. The van der Waals surface area contributed by atoms with Gasteiger partial charge in [-0.1, -0.05) is 6.42 Å². The van der Waals surface area contributed by atoms with Crippen LogP contribution in [0.4, 0.5) is 10.1 Å². The molecular weight excluding hydrogens is 441 g/mol. The lowest BCUT2D eigenvalue weighted by Crippen LogP contribution is -2.31. The van der Waals surface area contributed by atoms with Gasteiger partial charge in [-0.3, -0.25) is 4.98 Å².